The van der Waals surface area contributed by atoms with Crippen molar-refractivity contribution in [2.75, 3.05) is 16.8 Å². The van der Waals surface area contributed by atoms with Gasteiger partial charge in [-0.05, 0) is 79.3 Å². The van der Waals surface area contributed by atoms with E-state index in [0.717, 1.165) is 17.5 Å². The van der Waals surface area contributed by atoms with Crippen molar-refractivity contribution in [3.63, 3.8) is 0 Å². The molecule has 1 unspecified atom stereocenters. The number of amides is 3. The third kappa shape index (κ3) is 4.44. The Morgan fingerprint density at radius 3 is 2.38 bits per heavy atom. The highest BCUT2D eigenvalue weighted by atomic mass is 16.5. The van der Waals surface area contributed by atoms with Gasteiger partial charge in [0.2, 0.25) is 0 Å². The first kappa shape index (κ1) is 23.2. The van der Waals surface area contributed by atoms with Crippen molar-refractivity contribution in [2.45, 2.75) is 40.0 Å². The Hall–Kier alpha value is -3.93. The van der Waals surface area contributed by atoms with Crippen LogP contribution in [-0.4, -0.2) is 24.3 Å². The van der Waals surface area contributed by atoms with Gasteiger partial charge >= 0.3 is 0 Å². The molecule has 0 aliphatic carbocycles. The fourth-order valence-corrected chi connectivity index (χ4v) is 3.99. The second-order valence-corrected chi connectivity index (χ2v) is 8.64. The second kappa shape index (κ2) is 9.51. The molecule has 0 spiro atoms. The fourth-order valence-electron chi connectivity index (χ4n) is 3.99. The standard InChI is InChI=1S/C28H28N2O4/c1-5-17(2)20-9-12-22(13-10-20)34-16-26(31)29-21-11-14-23-24(15-21)28(33)30(27(23)32)25-8-6-7-18(3)19(25)4/h6-15,17H,5,16H2,1-4H3,(H,29,31). The van der Waals surface area contributed by atoms with Gasteiger partial charge in [-0.15, -0.1) is 0 Å². The Morgan fingerprint density at radius 2 is 1.68 bits per heavy atom. The normalized spacial score (nSPS) is 13.6. The number of hydrogen-bond acceptors (Lipinski definition) is 4. The molecule has 1 N–H and O–H groups in total. The van der Waals surface area contributed by atoms with Crippen molar-refractivity contribution in [2.24, 2.45) is 0 Å². The van der Waals surface area contributed by atoms with Gasteiger partial charge < -0.3 is 10.1 Å². The molecule has 3 aromatic rings. The van der Waals surface area contributed by atoms with Crippen molar-refractivity contribution in [1.29, 1.82) is 0 Å². The maximum absolute atomic E-state index is 13.1. The molecule has 0 aromatic heterocycles. The van der Waals surface area contributed by atoms with E-state index >= 15 is 0 Å². The molecule has 1 atom stereocenters. The molecule has 1 heterocycles. The summed E-state index contributed by atoms with van der Waals surface area (Å²) in [4.78, 5) is 39.7. The minimum absolute atomic E-state index is 0.165. The van der Waals surface area contributed by atoms with Crippen molar-refractivity contribution in [3.05, 3.63) is 88.5 Å². The molecule has 0 saturated heterocycles. The summed E-state index contributed by atoms with van der Waals surface area (Å²) in [7, 11) is 0. The number of aryl methyl sites for hydroxylation is 1. The van der Waals surface area contributed by atoms with Gasteiger partial charge in [0.1, 0.15) is 5.75 Å². The van der Waals surface area contributed by atoms with E-state index in [0.29, 0.717) is 28.6 Å². The van der Waals surface area contributed by atoms with E-state index in [4.69, 9.17) is 4.74 Å². The SMILES string of the molecule is CCC(C)c1ccc(OCC(=O)Nc2ccc3c(c2)C(=O)N(c2cccc(C)c2C)C3=O)cc1. The topological polar surface area (TPSA) is 75.7 Å². The average Bonchev–Trinajstić information content (AvgIpc) is 3.08. The van der Waals surface area contributed by atoms with Gasteiger partial charge in [0, 0.05) is 5.69 Å². The number of imide groups is 1. The zero-order valence-corrected chi connectivity index (χ0v) is 19.8. The van der Waals surface area contributed by atoms with E-state index in [1.165, 1.54) is 10.5 Å². The molecule has 1 aliphatic heterocycles. The van der Waals surface area contributed by atoms with Gasteiger partial charge in [0.15, 0.2) is 6.61 Å². The number of benzene rings is 3. The Morgan fingerprint density at radius 1 is 0.971 bits per heavy atom. The third-order valence-electron chi connectivity index (χ3n) is 6.42. The Kier molecular flexibility index (Phi) is 6.50. The first-order valence-corrected chi connectivity index (χ1v) is 11.4. The van der Waals surface area contributed by atoms with E-state index in [2.05, 4.69) is 19.2 Å². The van der Waals surface area contributed by atoms with E-state index in [9.17, 15) is 14.4 Å². The maximum Gasteiger partial charge on any atom is 0.266 e. The van der Waals surface area contributed by atoms with Crippen LogP contribution in [0.1, 0.15) is 63.6 Å². The van der Waals surface area contributed by atoms with Gasteiger partial charge in [-0.2, -0.15) is 0 Å². The predicted molar refractivity (Wildman–Crippen MR) is 133 cm³/mol. The first-order valence-electron chi connectivity index (χ1n) is 11.4. The number of carbonyl (C=O) groups excluding carboxylic acids is 3. The summed E-state index contributed by atoms with van der Waals surface area (Å²) in [5, 5.41) is 2.75. The van der Waals surface area contributed by atoms with Crippen LogP contribution in [0.2, 0.25) is 0 Å². The number of anilines is 2. The molecular weight excluding hydrogens is 428 g/mol. The monoisotopic (exact) mass is 456 g/mol. The van der Waals surface area contributed by atoms with Crippen LogP contribution in [0.5, 0.6) is 5.75 Å². The summed E-state index contributed by atoms with van der Waals surface area (Å²) in [5.41, 5.74) is 4.70. The lowest BCUT2D eigenvalue weighted by Crippen LogP contribution is -2.30. The Labute approximate surface area is 199 Å². The van der Waals surface area contributed by atoms with E-state index in [1.807, 2.05) is 50.2 Å². The average molecular weight is 457 g/mol. The van der Waals surface area contributed by atoms with Crippen LogP contribution >= 0.6 is 0 Å². The number of nitrogens with zero attached hydrogens (tertiary/aromatic N) is 1. The predicted octanol–water partition coefficient (Wildman–Crippen LogP) is 5.64. The molecule has 4 rings (SSSR count). The van der Waals surface area contributed by atoms with E-state index in [1.54, 1.807) is 24.3 Å². The molecule has 0 fully saturated rings. The molecule has 3 amide bonds. The van der Waals surface area contributed by atoms with Gasteiger partial charge in [-0.1, -0.05) is 38.1 Å². The van der Waals surface area contributed by atoms with Crippen LogP contribution in [0.3, 0.4) is 0 Å². The summed E-state index contributed by atoms with van der Waals surface area (Å²) < 4.78 is 5.60. The minimum atomic E-state index is -0.401. The highest BCUT2D eigenvalue weighted by Gasteiger charge is 2.37. The lowest BCUT2D eigenvalue weighted by Gasteiger charge is -2.17. The van der Waals surface area contributed by atoms with Crippen LogP contribution < -0.4 is 15.0 Å². The number of hydrogen-bond donors (Lipinski definition) is 1. The van der Waals surface area contributed by atoms with E-state index < -0.39 is 5.91 Å². The van der Waals surface area contributed by atoms with Gasteiger partial charge in [0.25, 0.3) is 17.7 Å². The zero-order chi connectivity index (χ0) is 24.4. The van der Waals surface area contributed by atoms with Crippen LogP contribution in [0, 0.1) is 13.8 Å². The van der Waals surface area contributed by atoms with Gasteiger partial charge in [-0.3, -0.25) is 14.4 Å². The first-order chi connectivity index (χ1) is 16.3. The number of nitrogens with one attached hydrogen (secondary N) is 1. The second-order valence-electron chi connectivity index (χ2n) is 8.64. The van der Waals surface area contributed by atoms with Crippen molar-refractivity contribution in [3.8, 4) is 5.75 Å². The molecular formula is C28H28N2O4. The number of carbonyl (C=O) groups is 3. The lowest BCUT2D eigenvalue weighted by atomic mass is 9.99. The molecule has 1 aliphatic rings. The van der Waals surface area contributed by atoms with Crippen molar-refractivity contribution < 1.29 is 19.1 Å². The quantitative estimate of drug-likeness (QED) is 0.467. The fraction of sp³-hybridized carbons (Fsp3) is 0.250. The van der Waals surface area contributed by atoms with Crippen LogP contribution in [0.15, 0.2) is 60.7 Å². The van der Waals surface area contributed by atoms with Crippen LogP contribution in [-0.2, 0) is 4.79 Å². The summed E-state index contributed by atoms with van der Waals surface area (Å²) in [5.74, 6) is -0.0362. The number of fused-ring (bicyclic) bond motifs is 1. The van der Waals surface area contributed by atoms with Crippen LogP contribution in [0.4, 0.5) is 11.4 Å². The number of ether oxygens (including phenoxy) is 1. The summed E-state index contributed by atoms with van der Waals surface area (Å²) >= 11 is 0. The molecule has 6 nitrogen and oxygen atoms in total. The van der Waals surface area contributed by atoms with Crippen molar-refractivity contribution in [1.82, 2.24) is 0 Å². The summed E-state index contributed by atoms with van der Waals surface area (Å²) in [6, 6.07) is 18.0. The molecule has 34 heavy (non-hydrogen) atoms. The molecule has 6 heteroatoms. The highest BCUT2D eigenvalue weighted by Crippen LogP contribution is 2.33. The van der Waals surface area contributed by atoms with E-state index in [-0.39, 0.29) is 24.0 Å². The molecule has 3 aromatic carbocycles. The summed E-state index contributed by atoms with van der Waals surface area (Å²) in [6.07, 6.45) is 1.06. The Bertz CT molecular complexity index is 1260. The lowest BCUT2D eigenvalue weighted by molar-refractivity contribution is -0.118. The summed E-state index contributed by atoms with van der Waals surface area (Å²) in [6.45, 7) is 7.97. The van der Waals surface area contributed by atoms with Gasteiger partial charge in [-0.25, -0.2) is 4.90 Å². The third-order valence-corrected chi connectivity index (χ3v) is 6.42. The number of rotatable bonds is 7. The van der Waals surface area contributed by atoms with Crippen molar-refractivity contribution >= 4 is 29.1 Å². The highest BCUT2D eigenvalue weighted by molar-refractivity contribution is 6.35. The van der Waals surface area contributed by atoms with Gasteiger partial charge in [0.05, 0.1) is 16.8 Å². The van der Waals surface area contributed by atoms with Crippen LogP contribution in [0.25, 0.3) is 0 Å². The molecule has 0 bridgehead atoms. The minimum Gasteiger partial charge on any atom is -0.484 e. The maximum atomic E-state index is 13.1. The zero-order valence-electron chi connectivity index (χ0n) is 19.8. The smallest absolute Gasteiger partial charge is 0.266 e. The molecule has 0 radical (unpaired) electrons. The Balaban J connectivity index is 1.43. The largest absolute Gasteiger partial charge is 0.484 e. The molecule has 0 saturated carbocycles. The molecule has 174 valence electrons.